The molecule has 7 heteroatoms. The summed E-state index contributed by atoms with van der Waals surface area (Å²) in [5.41, 5.74) is 6.60. The lowest BCUT2D eigenvalue weighted by Crippen LogP contribution is -2.40. The van der Waals surface area contributed by atoms with Gasteiger partial charge >= 0.3 is 5.97 Å². The van der Waals surface area contributed by atoms with Gasteiger partial charge in [0.25, 0.3) is 0 Å². The molecule has 2 rings (SSSR count). The lowest BCUT2D eigenvalue weighted by Gasteiger charge is -2.22. The molecule has 1 saturated heterocycles. The van der Waals surface area contributed by atoms with Gasteiger partial charge in [0.15, 0.2) is 0 Å². The van der Waals surface area contributed by atoms with Crippen LogP contribution in [0.3, 0.4) is 0 Å². The molecule has 0 aliphatic carbocycles. The van der Waals surface area contributed by atoms with E-state index in [2.05, 4.69) is 5.10 Å². The molecule has 20 heavy (non-hydrogen) atoms. The maximum absolute atomic E-state index is 11.9. The molecule has 0 bridgehead atoms. The first-order valence-electron chi connectivity index (χ1n) is 6.76. The Bertz CT molecular complexity index is 512. The van der Waals surface area contributed by atoms with Crippen LogP contribution in [0.25, 0.3) is 0 Å². The molecule has 1 aromatic rings. The Morgan fingerprint density at radius 1 is 1.55 bits per heavy atom. The topological polar surface area (TPSA) is 90.4 Å². The van der Waals surface area contributed by atoms with E-state index in [1.54, 1.807) is 18.7 Å². The molecule has 0 radical (unpaired) electrons. The minimum absolute atomic E-state index is 0.264. The minimum Gasteiger partial charge on any atom is -0.462 e. The SMILES string of the molecule is CCOC(=O)c1cnn(C)c1CN1CCCC1C(N)=O. The van der Waals surface area contributed by atoms with E-state index in [0.717, 1.165) is 25.1 Å². The van der Waals surface area contributed by atoms with E-state index in [-0.39, 0.29) is 17.9 Å². The standard InChI is InChI=1S/C13H20N4O3/c1-3-20-13(19)9-7-15-16(2)11(9)8-17-6-4-5-10(17)12(14)18/h7,10H,3-6,8H2,1-2H3,(H2,14,18). The maximum Gasteiger partial charge on any atom is 0.341 e. The van der Waals surface area contributed by atoms with Gasteiger partial charge in [-0.05, 0) is 26.3 Å². The van der Waals surface area contributed by atoms with Crippen molar-refractivity contribution in [3.8, 4) is 0 Å². The molecule has 2 N–H and O–H groups in total. The molecule has 0 aromatic carbocycles. The Morgan fingerprint density at radius 2 is 2.30 bits per heavy atom. The van der Waals surface area contributed by atoms with Crippen molar-refractivity contribution in [2.45, 2.75) is 32.4 Å². The second kappa shape index (κ2) is 6.04. The van der Waals surface area contributed by atoms with Crippen molar-refractivity contribution in [3.63, 3.8) is 0 Å². The molecule has 1 fully saturated rings. The molecule has 1 aliphatic heterocycles. The molecular formula is C13H20N4O3. The van der Waals surface area contributed by atoms with Crippen LogP contribution in [0, 0.1) is 0 Å². The van der Waals surface area contributed by atoms with E-state index in [1.807, 2.05) is 4.90 Å². The van der Waals surface area contributed by atoms with Crippen LogP contribution in [0.4, 0.5) is 0 Å². The van der Waals surface area contributed by atoms with Gasteiger partial charge in [0.05, 0.1) is 24.5 Å². The number of primary amides is 1. The van der Waals surface area contributed by atoms with Gasteiger partial charge in [-0.3, -0.25) is 14.4 Å². The highest BCUT2D eigenvalue weighted by molar-refractivity contribution is 5.90. The average molecular weight is 280 g/mol. The van der Waals surface area contributed by atoms with Gasteiger partial charge in [0.2, 0.25) is 5.91 Å². The third kappa shape index (κ3) is 2.82. The first-order chi connectivity index (χ1) is 9.54. The van der Waals surface area contributed by atoms with E-state index < -0.39 is 0 Å². The molecule has 0 saturated carbocycles. The Balaban J connectivity index is 2.18. The summed E-state index contributed by atoms with van der Waals surface area (Å²) in [6.45, 7) is 3.34. The highest BCUT2D eigenvalue weighted by atomic mass is 16.5. The molecule has 1 amide bonds. The van der Waals surface area contributed by atoms with Crippen LogP contribution in [0.15, 0.2) is 6.20 Å². The monoisotopic (exact) mass is 280 g/mol. The van der Waals surface area contributed by atoms with Crippen LogP contribution >= 0.6 is 0 Å². The van der Waals surface area contributed by atoms with E-state index in [9.17, 15) is 9.59 Å². The summed E-state index contributed by atoms with van der Waals surface area (Å²) in [6.07, 6.45) is 3.20. The van der Waals surface area contributed by atoms with Crippen molar-refractivity contribution in [1.29, 1.82) is 0 Å². The third-order valence-corrected chi connectivity index (χ3v) is 3.60. The zero-order valence-electron chi connectivity index (χ0n) is 11.8. The molecule has 1 atom stereocenters. The molecule has 7 nitrogen and oxygen atoms in total. The number of ether oxygens (including phenoxy) is 1. The number of aromatic nitrogens is 2. The van der Waals surface area contributed by atoms with Crippen LogP contribution < -0.4 is 5.73 Å². The zero-order chi connectivity index (χ0) is 14.7. The summed E-state index contributed by atoms with van der Waals surface area (Å²) < 4.78 is 6.66. The van der Waals surface area contributed by atoms with Crippen molar-refractivity contribution in [2.75, 3.05) is 13.2 Å². The first kappa shape index (κ1) is 14.5. The quantitative estimate of drug-likeness (QED) is 0.769. The van der Waals surface area contributed by atoms with Crippen LogP contribution in [-0.4, -0.2) is 45.8 Å². The molecule has 2 heterocycles. The number of amides is 1. The van der Waals surface area contributed by atoms with E-state index in [0.29, 0.717) is 18.7 Å². The number of nitrogens with zero attached hydrogens (tertiary/aromatic N) is 3. The summed E-state index contributed by atoms with van der Waals surface area (Å²) in [6, 6.07) is -0.264. The van der Waals surface area contributed by atoms with Gasteiger partial charge in [0.1, 0.15) is 5.56 Å². The number of aryl methyl sites for hydroxylation is 1. The fourth-order valence-electron chi connectivity index (χ4n) is 2.56. The van der Waals surface area contributed by atoms with Gasteiger partial charge in [-0.15, -0.1) is 0 Å². The maximum atomic E-state index is 11.9. The highest BCUT2D eigenvalue weighted by Crippen LogP contribution is 2.21. The van der Waals surface area contributed by atoms with Crippen LogP contribution in [0.5, 0.6) is 0 Å². The van der Waals surface area contributed by atoms with E-state index in [1.165, 1.54) is 6.20 Å². The average Bonchev–Trinajstić information content (AvgIpc) is 2.98. The number of carbonyl (C=O) groups is 2. The summed E-state index contributed by atoms with van der Waals surface area (Å²) in [5.74, 6) is -0.701. The zero-order valence-corrected chi connectivity index (χ0v) is 11.8. The number of hydrogen-bond acceptors (Lipinski definition) is 5. The van der Waals surface area contributed by atoms with Crippen molar-refractivity contribution in [2.24, 2.45) is 12.8 Å². The summed E-state index contributed by atoms with van der Waals surface area (Å²) >= 11 is 0. The van der Waals surface area contributed by atoms with Gasteiger partial charge in [0, 0.05) is 13.6 Å². The molecule has 110 valence electrons. The second-order valence-electron chi connectivity index (χ2n) is 4.88. The fourth-order valence-corrected chi connectivity index (χ4v) is 2.56. The number of likely N-dealkylation sites (tertiary alicyclic amines) is 1. The van der Waals surface area contributed by atoms with E-state index >= 15 is 0 Å². The lowest BCUT2D eigenvalue weighted by molar-refractivity contribution is -0.122. The highest BCUT2D eigenvalue weighted by Gasteiger charge is 2.31. The Kier molecular flexibility index (Phi) is 4.39. The Hall–Kier alpha value is -1.89. The number of rotatable bonds is 5. The summed E-state index contributed by atoms with van der Waals surface area (Å²) in [7, 11) is 1.77. The first-order valence-corrected chi connectivity index (χ1v) is 6.76. The van der Waals surface area contributed by atoms with Gasteiger partial charge in [-0.2, -0.15) is 5.10 Å². The van der Waals surface area contributed by atoms with Crippen molar-refractivity contribution < 1.29 is 14.3 Å². The van der Waals surface area contributed by atoms with Crippen LogP contribution in [-0.2, 0) is 23.1 Å². The summed E-state index contributed by atoms with van der Waals surface area (Å²) in [4.78, 5) is 25.3. The van der Waals surface area contributed by atoms with Crippen molar-refractivity contribution >= 4 is 11.9 Å². The minimum atomic E-state index is -0.384. The molecular weight excluding hydrogens is 260 g/mol. The van der Waals surface area contributed by atoms with Crippen molar-refractivity contribution in [3.05, 3.63) is 17.5 Å². The van der Waals surface area contributed by atoms with Crippen molar-refractivity contribution in [1.82, 2.24) is 14.7 Å². The third-order valence-electron chi connectivity index (χ3n) is 3.60. The number of carbonyl (C=O) groups excluding carboxylic acids is 2. The normalized spacial score (nSPS) is 19.2. The van der Waals surface area contributed by atoms with Crippen LogP contribution in [0.2, 0.25) is 0 Å². The predicted octanol–water partition coefficient (Wildman–Crippen LogP) is 0.0465. The molecule has 1 aliphatic rings. The predicted molar refractivity (Wildman–Crippen MR) is 71.8 cm³/mol. The van der Waals surface area contributed by atoms with Gasteiger partial charge in [-0.25, -0.2) is 4.79 Å². The Morgan fingerprint density at radius 3 is 2.95 bits per heavy atom. The van der Waals surface area contributed by atoms with Crippen LogP contribution in [0.1, 0.15) is 35.8 Å². The second-order valence-corrected chi connectivity index (χ2v) is 4.88. The molecule has 0 spiro atoms. The lowest BCUT2D eigenvalue weighted by atomic mass is 10.2. The smallest absolute Gasteiger partial charge is 0.341 e. The largest absolute Gasteiger partial charge is 0.462 e. The number of hydrogen-bond donors (Lipinski definition) is 1. The summed E-state index contributed by atoms with van der Waals surface area (Å²) in [5, 5.41) is 4.10. The number of nitrogens with two attached hydrogens (primary N) is 1. The van der Waals surface area contributed by atoms with Gasteiger partial charge in [-0.1, -0.05) is 0 Å². The fraction of sp³-hybridized carbons (Fsp3) is 0.615. The van der Waals surface area contributed by atoms with E-state index in [4.69, 9.17) is 10.5 Å². The Labute approximate surface area is 117 Å². The van der Waals surface area contributed by atoms with Gasteiger partial charge < -0.3 is 10.5 Å². The number of esters is 1. The molecule has 1 aromatic heterocycles. The molecule has 1 unspecified atom stereocenters.